The molecular formula is C30H45N9O3. The van der Waals surface area contributed by atoms with Gasteiger partial charge in [0.15, 0.2) is 0 Å². The minimum atomic E-state index is -0.544. The number of piperidine rings is 1. The minimum Gasteiger partial charge on any atom is -0.338 e. The number of hydrogen-bond acceptors (Lipinski definition) is 8. The maximum atomic E-state index is 12.8. The third kappa shape index (κ3) is 6.83. The third-order valence-corrected chi connectivity index (χ3v) is 9.24. The van der Waals surface area contributed by atoms with Crippen LogP contribution in [0.15, 0.2) is 41.3 Å². The van der Waals surface area contributed by atoms with Crippen LogP contribution >= 0.6 is 0 Å². The van der Waals surface area contributed by atoms with Crippen molar-refractivity contribution in [2.45, 2.75) is 44.7 Å². The molecule has 1 saturated carbocycles. The second-order valence-electron chi connectivity index (χ2n) is 12.0. The van der Waals surface area contributed by atoms with E-state index < -0.39 is 11.7 Å². The molecule has 3 fully saturated rings. The van der Waals surface area contributed by atoms with Gasteiger partial charge in [0.05, 0.1) is 11.7 Å². The summed E-state index contributed by atoms with van der Waals surface area (Å²) < 4.78 is 1.46. The SMILES string of the molecule is CC(Cc1ccc(-n2ccc(NC(=O)N3CCN(C(=O)C(N)CCCCN)CC3)nc2=O)cc1)N1C[C@@H]2[C@@H](CN)[C@@H]2C1. The maximum Gasteiger partial charge on any atom is 0.354 e. The Morgan fingerprint density at radius 1 is 1.00 bits per heavy atom. The summed E-state index contributed by atoms with van der Waals surface area (Å²) in [5.74, 6) is 2.40. The van der Waals surface area contributed by atoms with Crippen molar-refractivity contribution in [1.82, 2.24) is 24.3 Å². The van der Waals surface area contributed by atoms with E-state index in [1.165, 1.54) is 10.1 Å². The van der Waals surface area contributed by atoms with Crippen LogP contribution in [-0.2, 0) is 11.2 Å². The molecule has 2 aliphatic heterocycles. The molecule has 228 valence electrons. The molecule has 0 bridgehead atoms. The van der Waals surface area contributed by atoms with Gasteiger partial charge in [0.25, 0.3) is 0 Å². The van der Waals surface area contributed by atoms with Gasteiger partial charge in [-0.2, -0.15) is 4.98 Å². The number of nitrogens with zero attached hydrogens (tertiary/aromatic N) is 5. The highest BCUT2D eigenvalue weighted by atomic mass is 16.2. The topological polar surface area (TPSA) is 169 Å². The lowest BCUT2D eigenvalue weighted by Crippen LogP contribution is -2.55. The molecule has 2 unspecified atom stereocenters. The van der Waals surface area contributed by atoms with Gasteiger partial charge in [-0.3, -0.25) is 19.6 Å². The summed E-state index contributed by atoms with van der Waals surface area (Å²) in [6, 6.07) is 9.16. The van der Waals surface area contributed by atoms with Gasteiger partial charge in [-0.1, -0.05) is 18.6 Å². The molecule has 42 heavy (non-hydrogen) atoms. The molecule has 5 rings (SSSR count). The summed E-state index contributed by atoms with van der Waals surface area (Å²) in [5.41, 5.74) is 18.9. The second kappa shape index (κ2) is 13.3. The molecule has 5 atom stereocenters. The van der Waals surface area contributed by atoms with Crippen molar-refractivity contribution < 1.29 is 9.59 Å². The van der Waals surface area contributed by atoms with E-state index in [2.05, 4.69) is 34.3 Å². The van der Waals surface area contributed by atoms with Crippen molar-refractivity contribution in [1.29, 1.82) is 0 Å². The smallest absolute Gasteiger partial charge is 0.338 e. The van der Waals surface area contributed by atoms with E-state index in [0.717, 1.165) is 62.3 Å². The molecule has 1 aliphatic carbocycles. The van der Waals surface area contributed by atoms with E-state index in [0.29, 0.717) is 45.2 Å². The zero-order valence-corrected chi connectivity index (χ0v) is 24.5. The van der Waals surface area contributed by atoms with Crippen LogP contribution < -0.4 is 28.2 Å². The Morgan fingerprint density at radius 3 is 2.29 bits per heavy atom. The van der Waals surface area contributed by atoms with Crippen molar-refractivity contribution in [2.75, 3.05) is 57.7 Å². The van der Waals surface area contributed by atoms with Gasteiger partial charge in [-0.25, -0.2) is 9.59 Å². The molecule has 3 heterocycles. The first-order valence-electron chi connectivity index (χ1n) is 15.2. The van der Waals surface area contributed by atoms with Crippen molar-refractivity contribution in [2.24, 2.45) is 35.0 Å². The quantitative estimate of drug-likeness (QED) is 0.278. The van der Waals surface area contributed by atoms with Gasteiger partial charge in [-0.05, 0) is 80.8 Å². The van der Waals surface area contributed by atoms with Crippen LogP contribution in [0.1, 0.15) is 31.7 Å². The molecule has 12 nitrogen and oxygen atoms in total. The van der Waals surface area contributed by atoms with E-state index >= 15 is 0 Å². The number of aromatic nitrogens is 2. The molecule has 2 saturated heterocycles. The van der Waals surface area contributed by atoms with Gasteiger partial charge >= 0.3 is 11.7 Å². The van der Waals surface area contributed by atoms with Gasteiger partial charge in [-0.15, -0.1) is 0 Å². The van der Waals surface area contributed by atoms with Crippen LogP contribution in [0.25, 0.3) is 5.69 Å². The first-order valence-corrected chi connectivity index (χ1v) is 15.2. The number of urea groups is 1. The number of carbonyl (C=O) groups is 2. The van der Waals surface area contributed by atoms with E-state index in [1.54, 1.807) is 22.1 Å². The molecule has 1 aromatic heterocycles. The van der Waals surface area contributed by atoms with E-state index in [-0.39, 0.29) is 17.8 Å². The fraction of sp³-hybridized carbons (Fsp3) is 0.600. The molecule has 2 aromatic rings. The Bertz CT molecular complexity index is 1280. The molecule has 1 aromatic carbocycles. The number of hydrogen-bond donors (Lipinski definition) is 4. The fourth-order valence-corrected chi connectivity index (χ4v) is 6.51. The first kappa shape index (κ1) is 30.1. The molecule has 12 heteroatoms. The van der Waals surface area contributed by atoms with Crippen molar-refractivity contribution in [3.63, 3.8) is 0 Å². The zero-order chi connectivity index (χ0) is 29.8. The van der Waals surface area contributed by atoms with Crippen molar-refractivity contribution in [3.05, 3.63) is 52.6 Å². The lowest BCUT2D eigenvalue weighted by atomic mass is 10.0. The number of amides is 3. The summed E-state index contributed by atoms with van der Waals surface area (Å²) in [4.78, 5) is 48.2. The number of nitrogens with one attached hydrogen (secondary N) is 1. The van der Waals surface area contributed by atoms with E-state index in [4.69, 9.17) is 17.2 Å². The van der Waals surface area contributed by atoms with Gasteiger partial charge in [0.2, 0.25) is 5.91 Å². The molecule has 0 radical (unpaired) electrons. The summed E-state index contributed by atoms with van der Waals surface area (Å²) in [7, 11) is 0. The van der Waals surface area contributed by atoms with Crippen molar-refractivity contribution in [3.8, 4) is 5.69 Å². The number of likely N-dealkylation sites (tertiary alicyclic amines) is 1. The molecular weight excluding hydrogens is 534 g/mol. The number of rotatable bonds is 11. The largest absolute Gasteiger partial charge is 0.354 e. The number of carbonyl (C=O) groups excluding carboxylic acids is 2. The summed E-state index contributed by atoms with van der Waals surface area (Å²) >= 11 is 0. The predicted molar refractivity (Wildman–Crippen MR) is 162 cm³/mol. The Morgan fingerprint density at radius 2 is 1.67 bits per heavy atom. The summed E-state index contributed by atoms with van der Waals surface area (Å²) in [5, 5.41) is 2.71. The first-order chi connectivity index (χ1) is 20.3. The molecule has 3 amide bonds. The maximum absolute atomic E-state index is 12.8. The van der Waals surface area contributed by atoms with Crippen molar-refractivity contribution >= 4 is 17.8 Å². The molecule has 3 aliphatic rings. The number of fused-ring (bicyclic) bond motifs is 1. The third-order valence-electron chi connectivity index (χ3n) is 9.24. The highest BCUT2D eigenvalue weighted by molar-refractivity contribution is 5.88. The zero-order valence-electron chi connectivity index (χ0n) is 24.5. The fourth-order valence-electron chi connectivity index (χ4n) is 6.51. The standard InChI is InChI=1S/C30H45N9O3/c1-20(38-18-24-23(17-32)25(24)19-38)16-21-5-7-22(8-6-21)39-11-9-27(35-30(39)42)34-29(41)37-14-12-36(13-15-37)28(40)26(33)4-2-3-10-31/h5-9,11,20,23-26H,2-4,10,12-19,31-33H2,1H3,(H,34,35,41,42)/t20?,23-,24-,25+,26?. The lowest BCUT2D eigenvalue weighted by Gasteiger charge is -2.35. The van der Waals surface area contributed by atoms with E-state index in [1.807, 2.05) is 12.1 Å². The number of benzene rings is 1. The summed E-state index contributed by atoms with van der Waals surface area (Å²) in [6.07, 6.45) is 4.84. The van der Waals surface area contributed by atoms with Crippen LogP contribution in [0.4, 0.5) is 10.6 Å². The van der Waals surface area contributed by atoms with E-state index in [9.17, 15) is 14.4 Å². The average Bonchev–Trinajstić information content (AvgIpc) is 3.47. The van der Waals surface area contributed by atoms with Crippen LogP contribution in [-0.4, -0.2) is 101 Å². The Hall–Kier alpha value is -3.32. The summed E-state index contributed by atoms with van der Waals surface area (Å²) in [6.45, 7) is 7.55. The highest BCUT2D eigenvalue weighted by Gasteiger charge is 2.55. The monoisotopic (exact) mass is 579 g/mol. The van der Waals surface area contributed by atoms with Gasteiger partial charge < -0.3 is 27.0 Å². The number of unbranched alkanes of at least 4 members (excludes halogenated alkanes) is 1. The Balaban J connectivity index is 1.09. The van der Waals surface area contributed by atoms with Crippen LogP contribution in [0.5, 0.6) is 0 Å². The lowest BCUT2D eigenvalue weighted by molar-refractivity contribution is -0.134. The Kier molecular flexibility index (Phi) is 9.57. The van der Waals surface area contributed by atoms with Crippen LogP contribution in [0.2, 0.25) is 0 Å². The number of anilines is 1. The van der Waals surface area contributed by atoms with Crippen LogP contribution in [0, 0.1) is 17.8 Å². The predicted octanol–water partition coefficient (Wildman–Crippen LogP) is 0.432. The average molecular weight is 580 g/mol. The normalized spacial score (nSPS) is 23.4. The highest BCUT2D eigenvalue weighted by Crippen LogP contribution is 2.51. The van der Waals surface area contributed by atoms with Gasteiger partial charge in [0.1, 0.15) is 5.82 Å². The molecule has 7 N–H and O–H groups in total. The van der Waals surface area contributed by atoms with Gasteiger partial charge in [0, 0.05) is 51.5 Å². The van der Waals surface area contributed by atoms with Crippen LogP contribution in [0.3, 0.4) is 0 Å². The minimum absolute atomic E-state index is 0.0937. The molecule has 0 spiro atoms. The number of nitrogens with two attached hydrogens (primary N) is 3. The second-order valence-corrected chi connectivity index (χ2v) is 12.0. The number of piperazine rings is 1. The Labute approximate surface area is 247 Å².